The van der Waals surface area contributed by atoms with E-state index in [1.807, 2.05) is 6.92 Å². The molecule has 0 unspecified atom stereocenters. The normalized spacial score (nSPS) is 11.3. The van der Waals surface area contributed by atoms with Crippen LogP contribution in [0.3, 0.4) is 0 Å². The summed E-state index contributed by atoms with van der Waals surface area (Å²) in [5, 5.41) is 3.16. The zero-order valence-electron chi connectivity index (χ0n) is 12.2. The van der Waals surface area contributed by atoms with Crippen molar-refractivity contribution in [2.75, 3.05) is 11.9 Å². The summed E-state index contributed by atoms with van der Waals surface area (Å²) >= 11 is 1.37. The number of hydrogen-bond donors (Lipinski definition) is 1. The Labute approximate surface area is 134 Å². The van der Waals surface area contributed by atoms with Gasteiger partial charge in [0, 0.05) is 29.8 Å². The number of carbonyl (C=O) groups is 1. The Kier molecular flexibility index (Phi) is 5.54. The lowest BCUT2D eigenvalue weighted by Gasteiger charge is -2.09. The number of aromatic nitrogens is 2. The Balaban J connectivity index is 1.74. The molecule has 2 heterocycles. The van der Waals surface area contributed by atoms with Crippen molar-refractivity contribution in [2.45, 2.75) is 25.9 Å². The van der Waals surface area contributed by atoms with Gasteiger partial charge >= 0.3 is 6.18 Å². The number of alkyl halides is 3. The van der Waals surface area contributed by atoms with Gasteiger partial charge in [0.2, 0.25) is 11.8 Å². The molecule has 2 aromatic heterocycles. The van der Waals surface area contributed by atoms with E-state index in [2.05, 4.69) is 15.3 Å². The molecular formula is C14H14F3N3O2S. The van der Waals surface area contributed by atoms with Crippen LogP contribution in [0.1, 0.15) is 23.3 Å². The van der Waals surface area contributed by atoms with E-state index in [0.29, 0.717) is 11.6 Å². The van der Waals surface area contributed by atoms with Gasteiger partial charge in [0.25, 0.3) is 0 Å². The number of nitrogens with one attached hydrogen (secondary N) is 1. The minimum Gasteiger partial charge on any atom is -0.478 e. The number of hydrogen-bond acceptors (Lipinski definition) is 5. The van der Waals surface area contributed by atoms with Gasteiger partial charge in [-0.25, -0.2) is 9.97 Å². The quantitative estimate of drug-likeness (QED) is 0.812. The van der Waals surface area contributed by atoms with Crippen LogP contribution in [0.5, 0.6) is 5.88 Å². The topological polar surface area (TPSA) is 64.1 Å². The molecule has 0 saturated carbocycles. The van der Waals surface area contributed by atoms with Crippen LogP contribution in [-0.2, 0) is 11.0 Å². The zero-order valence-corrected chi connectivity index (χ0v) is 13.0. The molecule has 5 nitrogen and oxygen atoms in total. The van der Waals surface area contributed by atoms with Crippen LogP contribution in [0.2, 0.25) is 0 Å². The first kappa shape index (κ1) is 17.2. The lowest BCUT2D eigenvalue weighted by Crippen LogP contribution is -2.13. The fraction of sp³-hybridized carbons (Fsp3) is 0.357. The fourth-order valence-corrected chi connectivity index (χ4v) is 2.35. The maximum Gasteiger partial charge on any atom is 0.416 e. The molecule has 0 spiro atoms. The Hall–Kier alpha value is -2.16. The number of pyridine rings is 1. The van der Waals surface area contributed by atoms with Crippen molar-refractivity contribution < 1.29 is 22.7 Å². The van der Waals surface area contributed by atoms with Crippen molar-refractivity contribution in [1.29, 1.82) is 0 Å². The number of anilines is 1. The van der Waals surface area contributed by atoms with E-state index in [1.54, 1.807) is 6.20 Å². The van der Waals surface area contributed by atoms with Gasteiger partial charge in [0.05, 0.1) is 12.2 Å². The molecule has 2 aromatic rings. The first-order valence-corrected chi connectivity index (χ1v) is 7.54. The highest BCUT2D eigenvalue weighted by atomic mass is 32.1. The molecule has 0 aliphatic carbocycles. The van der Waals surface area contributed by atoms with E-state index in [-0.39, 0.29) is 24.8 Å². The van der Waals surface area contributed by atoms with Crippen LogP contribution in [0.15, 0.2) is 24.5 Å². The summed E-state index contributed by atoms with van der Waals surface area (Å²) < 4.78 is 42.7. The first-order chi connectivity index (χ1) is 10.8. The molecule has 0 aliphatic heterocycles. The molecule has 1 N–H and O–H groups in total. The third-order valence-electron chi connectivity index (χ3n) is 2.73. The smallest absolute Gasteiger partial charge is 0.416 e. The summed E-state index contributed by atoms with van der Waals surface area (Å²) in [5.74, 6) is -0.337. The average Bonchev–Trinajstić information content (AvgIpc) is 2.88. The van der Waals surface area contributed by atoms with Crippen molar-refractivity contribution >= 4 is 22.4 Å². The van der Waals surface area contributed by atoms with E-state index in [0.717, 1.165) is 23.2 Å². The highest BCUT2D eigenvalue weighted by molar-refractivity contribution is 7.15. The molecular weight excluding hydrogens is 331 g/mol. The van der Waals surface area contributed by atoms with E-state index in [1.165, 1.54) is 11.3 Å². The predicted octanol–water partition coefficient (Wildman–Crippen LogP) is 3.66. The maximum absolute atomic E-state index is 12.5. The molecule has 9 heteroatoms. The van der Waals surface area contributed by atoms with Crippen molar-refractivity contribution in [3.05, 3.63) is 35.0 Å². The van der Waals surface area contributed by atoms with Gasteiger partial charge in [-0.15, -0.1) is 11.3 Å². The lowest BCUT2D eigenvalue weighted by atomic mass is 10.2. The molecule has 124 valence electrons. The minimum absolute atomic E-state index is 0.0959. The molecule has 0 fully saturated rings. The van der Waals surface area contributed by atoms with Crippen LogP contribution in [0.25, 0.3) is 0 Å². The molecule has 0 aliphatic rings. The average molecular weight is 345 g/mol. The highest BCUT2D eigenvalue weighted by Crippen LogP contribution is 2.30. The van der Waals surface area contributed by atoms with Crippen LogP contribution >= 0.6 is 11.3 Å². The molecule has 0 atom stereocenters. The summed E-state index contributed by atoms with van der Waals surface area (Å²) in [6, 6.07) is 1.70. The van der Waals surface area contributed by atoms with E-state index >= 15 is 0 Å². The molecule has 0 saturated heterocycles. The lowest BCUT2D eigenvalue weighted by molar-refractivity contribution is -0.137. The highest BCUT2D eigenvalue weighted by Gasteiger charge is 2.30. The van der Waals surface area contributed by atoms with Crippen molar-refractivity contribution in [3.63, 3.8) is 0 Å². The maximum atomic E-state index is 12.5. The van der Waals surface area contributed by atoms with Gasteiger partial charge in [-0.3, -0.25) is 4.79 Å². The monoisotopic (exact) mass is 345 g/mol. The summed E-state index contributed by atoms with van der Waals surface area (Å²) in [6.07, 6.45) is -1.21. The van der Waals surface area contributed by atoms with Crippen LogP contribution in [0.4, 0.5) is 18.3 Å². The first-order valence-electron chi connectivity index (χ1n) is 6.73. The third kappa shape index (κ3) is 5.51. The van der Waals surface area contributed by atoms with Crippen LogP contribution < -0.4 is 10.1 Å². The van der Waals surface area contributed by atoms with Crippen LogP contribution in [-0.4, -0.2) is 22.5 Å². The Morgan fingerprint density at radius 3 is 2.83 bits per heavy atom. The van der Waals surface area contributed by atoms with Crippen molar-refractivity contribution in [2.24, 2.45) is 0 Å². The number of thiazole rings is 1. The van der Waals surface area contributed by atoms with Gasteiger partial charge in [-0.05, 0) is 19.4 Å². The number of ether oxygens (including phenoxy) is 1. The summed E-state index contributed by atoms with van der Waals surface area (Å²) in [6.45, 7) is 1.97. The Morgan fingerprint density at radius 2 is 2.17 bits per heavy atom. The Bertz CT molecular complexity index is 673. The largest absolute Gasteiger partial charge is 0.478 e. The van der Waals surface area contributed by atoms with Gasteiger partial charge in [-0.2, -0.15) is 13.2 Å². The minimum atomic E-state index is -4.44. The van der Waals surface area contributed by atoms with Gasteiger partial charge in [0.1, 0.15) is 0 Å². The standard InChI is InChI=1S/C14H14F3N3O2S/c1-9-8-19-13(23-9)20-11(21)3-2-6-22-12-7-10(4-5-18-12)14(15,16)17/h4-5,7-8H,2-3,6H2,1H3,(H,19,20,21). The van der Waals surface area contributed by atoms with Gasteiger partial charge < -0.3 is 10.1 Å². The second kappa shape index (κ2) is 7.40. The summed E-state index contributed by atoms with van der Waals surface area (Å²) in [7, 11) is 0. The number of amides is 1. The van der Waals surface area contributed by atoms with Crippen molar-refractivity contribution in [3.8, 4) is 5.88 Å². The molecule has 2 rings (SSSR count). The SMILES string of the molecule is Cc1cnc(NC(=O)CCCOc2cc(C(F)(F)F)ccn2)s1. The third-order valence-corrected chi connectivity index (χ3v) is 3.56. The van der Waals surface area contributed by atoms with E-state index < -0.39 is 11.7 Å². The number of nitrogens with zero attached hydrogens (tertiary/aromatic N) is 2. The number of aryl methyl sites for hydroxylation is 1. The second-order valence-corrected chi connectivity index (χ2v) is 5.89. The Morgan fingerprint density at radius 1 is 1.39 bits per heavy atom. The van der Waals surface area contributed by atoms with Gasteiger partial charge in [-0.1, -0.05) is 0 Å². The van der Waals surface area contributed by atoms with Crippen molar-refractivity contribution in [1.82, 2.24) is 9.97 Å². The fourth-order valence-electron chi connectivity index (χ4n) is 1.67. The number of carbonyl (C=O) groups excluding carboxylic acids is 1. The molecule has 0 radical (unpaired) electrons. The molecule has 0 bridgehead atoms. The predicted molar refractivity (Wildman–Crippen MR) is 79.4 cm³/mol. The van der Waals surface area contributed by atoms with Gasteiger partial charge in [0.15, 0.2) is 5.13 Å². The van der Waals surface area contributed by atoms with Crippen LogP contribution in [0, 0.1) is 6.92 Å². The zero-order chi connectivity index (χ0) is 16.9. The van der Waals surface area contributed by atoms with E-state index in [9.17, 15) is 18.0 Å². The summed E-state index contributed by atoms with van der Waals surface area (Å²) in [4.78, 5) is 20.4. The summed E-state index contributed by atoms with van der Waals surface area (Å²) in [5.41, 5.74) is -0.820. The second-order valence-electron chi connectivity index (χ2n) is 4.66. The molecule has 23 heavy (non-hydrogen) atoms. The molecule has 1 amide bonds. The number of halogens is 3. The molecule has 0 aromatic carbocycles. The number of rotatable bonds is 6. The van der Waals surface area contributed by atoms with E-state index in [4.69, 9.17) is 4.74 Å².